The van der Waals surface area contributed by atoms with Gasteiger partial charge in [-0.3, -0.25) is 0 Å². The van der Waals surface area contributed by atoms with Crippen molar-refractivity contribution in [2.75, 3.05) is 0 Å². The number of imidazole rings is 1. The second-order valence-electron chi connectivity index (χ2n) is 5.92. The highest BCUT2D eigenvalue weighted by Crippen LogP contribution is 2.56. The molecule has 3 rings (SSSR count). The largest absolute Gasteiger partial charge is 0.303 e. The van der Waals surface area contributed by atoms with Crippen LogP contribution in [-0.2, 0) is 0 Å². The molecule has 0 amide bonds. The molecule has 0 saturated heterocycles. The number of halogens is 1. The lowest BCUT2D eigenvalue weighted by atomic mass is 9.88. The minimum Gasteiger partial charge on any atom is -0.303 e. The Morgan fingerprint density at radius 1 is 1.41 bits per heavy atom. The molecule has 2 aromatic rings. The van der Waals surface area contributed by atoms with E-state index in [4.69, 9.17) is 0 Å². The molecule has 2 heterocycles. The molecule has 1 aliphatic rings. The average Bonchev–Trinajstić information content (AvgIpc) is 2.90. The van der Waals surface area contributed by atoms with E-state index in [0.29, 0.717) is 11.3 Å². The van der Waals surface area contributed by atoms with Gasteiger partial charge in [0.05, 0.1) is 5.69 Å². The first kappa shape index (κ1) is 11.2. The van der Waals surface area contributed by atoms with Gasteiger partial charge in [0.1, 0.15) is 4.60 Å². The monoisotopic (exact) mass is 293 g/mol. The molecule has 90 valence electrons. The van der Waals surface area contributed by atoms with Crippen molar-refractivity contribution in [2.45, 2.75) is 33.1 Å². The molecular formula is C13H16BrN3. The van der Waals surface area contributed by atoms with Crippen molar-refractivity contribution < 1.29 is 0 Å². The fourth-order valence-electron chi connectivity index (χ4n) is 2.63. The standard InChI is InChI=1S/C13H16BrN3/c1-13(2,3)9-6-8(9)11-12-15-4-5-17(12)7-10(14)16-11/h4-5,7-9H,6H2,1-3H3. The van der Waals surface area contributed by atoms with E-state index in [-0.39, 0.29) is 0 Å². The van der Waals surface area contributed by atoms with Crippen LogP contribution in [0, 0.1) is 11.3 Å². The van der Waals surface area contributed by atoms with Crippen molar-refractivity contribution in [3.63, 3.8) is 0 Å². The predicted octanol–water partition coefficient (Wildman–Crippen LogP) is 3.64. The molecule has 3 nitrogen and oxygen atoms in total. The van der Waals surface area contributed by atoms with Gasteiger partial charge in [-0.15, -0.1) is 0 Å². The minimum atomic E-state index is 0.359. The summed E-state index contributed by atoms with van der Waals surface area (Å²) in [5.74, 6) is 1.29. The molecule has 0 bridgehead atoms. The van der Waals surface area contributed by atoms with Crippen molar-refractivity contribution in [3.8, 4) is 0 Å². The van der Waals surface area contributed by atoms with Gasteiger partial charge in [-0.25, -0.2) is 9.97 Å². The van der Waals surface area contributed by atoms with Crippen LogP contribution in [-0.4, -0.2) is 14.4 Å². The highest BCUT2D eigenvalue weighted by atomic mass is 79.9. The van der Waals surface area contributed by atoms with Gasteiger partial charge in [0.2, 0.25) is 0 Å². The van der Waals surface area contributed by atoms with Crippen molar-refractivity contribution in [1.82, 2.24) is 14.4 Å². The van der Waals surface area contributed by atoms with Crippen molar-refractivity contribution in [1.29, 1.82) is 0 Å². The molecular weight excluding hydrogens is 278 g/mol. The van der Waals surface area contributed by atoms with E-state index in [9.17, 15) is 0 Å². The molecule has 2 atom stereocenters. The first-order valence-corrected chi connectivity index (χ1v) is 6.75. The van der Waals surface area contributed by atoms with Crippen LogP contribution in [0.15, 0.2) is 23.2 Å². The zero-order chi connectivity index (χ0) is 12.2. The Morgan fingerprint density at radius 2 is 2.18 bits per heavy atom. The van der Waals surface area contributed by atoms with Crippen LogP contribution in [0.4, 0.5) is 0 Å². The first-order valence-electron chi connectivity index (χ1n) is 5.96. The van der Waals surface area contributed by atoms with Gasteiger partial charge in [-0.2, -0.15) is 0 Å². The summed E-state index contributed by atoms with van der Waals surface area (Å²) >= 11 is 3.47. The quantitative estimate of drug-likeness (QED) is 0.803. The minimum absolute atomic E-state index is 0.359. The summed E-state index contributed by atoms with van der Waals surface area (Å²) in [5.41, 5.74) is 2.51. The van der Waals surface area contributed by atoms with Crippen LogP contribution < -0.4 is 0 Å². The zero-order valence-electron chi connectivity index (χ0n) is 10.3. The third kappa shape index (κ3) is 1.88. The third-order valence-electron chi connectivity index (χ3n) is 3.62. The van der Waals surface area contributed by atoms with Gasteiger partial charge >= 0.3 is 0 Å². The van der Waals surface area contributed by atoms with Crippen LogP contribution >= 0.6 is 15.9 Å². The van der Waals surface area contributed by atoms with E-state index in [1.54, 1.807) is 0 Å². The molecule has 0 spiro atoms. The van der Waals surface area contributed by atoms with Gasteiger partial charge in [-0.05, 0) is 33.7 Å². The van der Waals surface area contributed by atoms with Crippen LogP contribution in [0.5, 0.6) is 0 Å². The Labute approximate surface area is 109 Å². The molecule has 17 heavy (non-hydrogen) atoms. The van der Waals surface area contributed by atoms with E-state index in [1.165, 1.54) is 6.42 Å². The van der Waals surface area contributed by atoms with Crippen molar-refractivity contribution >= 4 is 21.6 Å². The molecule has 4 heteroatoms. The maximum atomic E-state index is 4.63. The maximum absolute atomic E-state index is 4.63. The van der Waals surface area contributed by atoms with E-state index in [0.717, 1.165) is 21.9 Å². The van der Waals surface area contributed by atoms with E-state index in [1.807, 2.05) is 23.0 Å². The van der Waals surface area contributed by atoms with Gasteiger partial charge in [0.15, 0.2) is 5.65 Å². The summed E-state index contributed by atoms with van der Waals surface area (Å²) in [7, 11) is 0. The smallest absolute Gasteiger partial charge is 0.158 e. The van der Waals surface area contributed by atoms with Crippen molar-refractivity contribution in [2.24, 2.45) is 11.3 Å². The Morgan fingerprint density at radius 3 is 2.82 bits per heavy atom. The normalized spacial score (nSPS) is 24.2. The molecule has 2 aromatic heterocycles. The lowest BCUT2D eigenvalue weighted by Crippen LogP contribution is -2.10. The SMILES string of the molecule is CC(C)(C)C1CC1c1nc(Br)cn2ccnc12. The van der Waals surface area contributed by atoms with Gasteiger partial charge in [0.25, 0.3) is 0 Å². The Kier molecular flexibility index (Phi) is 2.34. The summed E-state index contributed by atoms with van der Waals surface area (Å²) < 4.78 is 2.93. The number of rotatable bonds is 1. The van der Waals surface area contributed by atoms with Crippen LogP contribution in [0.2, 0.25) is 0 Å². The molecule has 0 radical (unpaired) electrons. The Hall–Kier alpha value is -0.900. The van der Waals surface area contributed by atoms with Crippen molar-refractivity contribution in [3.05, 3.63) is 28.9 Å². The summed E-state index contributed by atoms with van der Waals surface area (Å²) in [5, 5.41) is 0. The highest BCUT2D eigenvalue weighted by Gasteiger charge is 2.47. The predicted molar refractivity (Wildman–Crippen MR) is 71.0 cm³/mol. The summed E-state index contributed by atoms with van der Waals surface area (Å²) in [6, 6.07) is 0. The molecule has 2 unspecified atom stereocenters. The number of aromatic nitrogens is 3. The van der Waals surface area contributed by atoms with E-state index in [2.05, 4.69) is 46.7 Å². The number of hydrogen-bond acceptors (Lipinski definition) is 2. The van der Waals surface area contributed by atoms with Crippen LogP contribution in [0.1, 0.15) is 38.8 Å². The summed E-state index contributed by atoms with van der Waals surface area (Å²) in [6.45, 7) is 6.91. The number of nitrogens with zero attached hydrogens (tertiary/aromatic N) is 3. The second-order valence-corrected chi connectivity index (χ2v) is 6.73. The van der Waals surface area contributed by atoms with Gasteiger partial charge in [-0.1, -0.05) is 20.8 Å². The van der Waals surface area contributed by atoms with Gasteiger partial charge in [0, 0.05) is 24.5 Å². The lowest BCUT2D eigenvalue weighted by molar-refractivity contribution is 0.343. The fourth-order valence-corrected chi connectivity index (χ4v) is 3.04. The topological polar surface area (TPSA) is 30.2 Å². The van der Waals surface area contributed by atoms with Crippen LogP contribution in [0.25, 0.3) is 5.65 Å². The third-order valence-corrected chi connectivity index (χ3v) is 4.01. The summed E-state index contributed by atoms with van der Waals surface area (Å²) in [6.07, 6.45) is 7.00. The van der Waals surface area contributed by atoms with E-state index >= 15 is 0 Å². The maximum Gasteiger partial charge on any atom is 0.158 e. The number of fused-ring (bicyclic) bond motifs is 1. The first-order chi connectivity index (χ1) is 7.97. The zero-order valence-corrected chi connectivity index (χ0v) is 11.9. The Balaban J connectivity index is 2.04. The highest BCUT2D eigenvalue weighted by molar-refractivity contribution is 9.10. The molecule has 1 fully saturated rings. The average molecular weight is 294 g/mol. The molecule has 1 saturated carbocycles. The lowest BCUT2D eigenvalue weighted by Gasteiger charge is -2.18. The fraction of sp³-hybridized carbons (Fsp3) is 0.538. The molecule has 1 aliphatic carbocycles. The Bertz CT molecular complexity index is 568. The van der Waals surface area contributed by atoms with E-state index < -0.39 is 0 Å². The number of hydrogen-bond donors (Lipinski definition) is 0. The molecule has 0 aliphatic heterocycles. The molecule has 0 aromatic carbocycles. The second kappa shape index (κ2) is 3.55. The molecule has 0 N–H and O–H groups in total. The van der Waals surface area contributed by atoms with Gasteiger partial charge < -0.3 is 4.40 Å². The summed E-state index contributed by atoms with van der Waals surface area (Å²) in [4.78, 5) is 9.05. The van der Waals surface area contributed by atoms with Crippen LogP contribution in [0.3, 0.4) is 0 Å².